The van der Waals surface area contributed by atoms with Crippen molar-refractivity contribution in [2.24, 2.45) is 0 Å². The molecule has 2 fully saturated rings. The molecular weight excluding hydrogens is 316 g/mol. The molecular formula is C13H18ClF2N5O. The van der Waals surface area contributed by atoms with Crippen molar-refractivity contribution in [1.82, 2.24) is 15.0 Å². The van der Waals surface area contributed by atoms with Crippen molar-refractivity contribution in [3.05, 3.63) is 5.28 Å². The summed E-state index contributed by atoms with van der Waals surface area (Å²) in [5.41, 5.74) is 0. The van der Waals surface area contributed by atoms with Gasteiger partial charge in [0.05, 0.1) is 19.3 Å². The molecule has 22 heavy (non-hydrogen) atoms. The van der Waals surface area contributed by atoms with Crippen molar-refractivity contribution in [3.8, 4) is 0 Å². The zero-order valence-corrected chi connectivity index (χ0v) is 13.1. The highest BCUT2D eigenvalue weighted by Crippen LogP contribution is 2.30. The van der Waals surface area contributed by atoms with Crippen LogP contribution in [0.3, 0.4) is 0 Å². The lowest BCUT2D eigenvalue weighted by Gasteiger charge is -2.35. The van der Waals surface area contributed by atoms with Crippen LogP contribution < -0.4 is 9.80 Å². The molecule has 122 valence electrons. The van der Waals surface area contributed by atoms with Gasteiger partial charge in [-0.25, -0.2) is 8.78 Å². The molecule has 3 rings (SSSR count). The predicted octanol–water partition coefficient (Wildman–Crippen LogP) is 1.99. The van der Waals surface area contributed by atoms with E-state index in [0.29, 0.717) is 31.7 Å². The van der Waals surface area contributed by atoms with Crippen LogP contribution in [0.4, 0.5) is 20.7 Å². The zero-order valence-electron chi connectivity index (χ0n) is 12.3. The Bertz CT molecular complexity index is 537. The van der Waals surface area contributed by atoms with E-state index in [-0.39, 0.29) is 37.3 Å². The molecule has 0 radical (unpaired) electrons. The monoisotopic (exact) mass is 333 g/mol. The minimum atomic E-state index is -2.60. The van der Waals surface area contributed by atoms with Crippen LogP contribution in [0.25, 0.3) is 0 Å². The quantitative estimate of drug-likeness (QED) is 0.825. The first-order chi connectivity index (χ1) is 10.4. The fraction of sp³-hybridized carbons (Fsp3) is 0.769. The van der Waals surface area contributed by atoms with Crippen molar-refractivity contribution in [2.75, 3.05) is 42.6 Å². The molecule has 0 aromatic carbocycles. The van der Waals surface area contributed by atoms with Crippen molar-refractivity contribution in [2.45, 2.75) is 31.7 Å². The molecule has 0 amide bonds. The molecule has 2 aliphatic heterocycles. The van der Waals surface area contributed by atoms with Crippen LogP contribution in [-0.4, -0.2) is 59.8 Å². The number of halogens is 3. The van der Waals surface area contributed by atoms with Gasteiger partial charge in [-0.15, -0.1) is 0 Å². The van der Waals surface area contributed by atoms with Gasteiger partial charge < -0.3 is 14.5 Å². The van der Waals surface area contributed by atoms with Gasteiger partial charge in [0.15, 0.2) is 0 Å². The third kappa shape index (κ3) is 3.38. The molecule has 2 saturated heterocycles. The van der Waals surface area contributed by atoms with Crippen LogP contribution in [0.5, 0.6) is 0 Å². The Morgan fingerprint density at radius 3 is 2.50 bits per heavy atom. The van der Waals surface area contributed by atoms with Gasteiger partial charge in [-0.3, -0.25) is 0 Å². The average Bonchev–Trinajstić information content (AvgIpc) is 2.47. The topological polar surface area (TPSA) is 54.4 Å². The van der Waals surface area contributed by atoms with E-state index in [4.69, 9.17) is 16.3 Å². The number of anilines is 2. The van der Waals surface area contributed by atoms with Crippen molar-refractivity contribution in [3.63, 3.8) is 0 Å². The molecule has 0 saturated carbocycles. The summed E-state index contributed by atoms with van der Waals surface area (Å²) < 4.78 is 31.9. The summed E-state index contributed by atoms with van der Waals surface area (Å²) in [6.07, 6.45) is -0.390. The summed E-state index contributed by atoms with van der Waals surface area (Å²) in [6.45, 7) is 4.29. The van der Waals surface area contributed by atoms with E-state index in [1.807, 2.05) is 11.8 Å². The molecule has 0 spiro atoms. The number of morpholine rings is 1. The third-order valence-electron chi connectivity index (χ3n) is 3.99. The van der Waals surface area contributed by atoms with Gasteiger partial charge in [0, 0.05) is 32.5 Å². The van der Waals surface area contributed by atoms with Gasteiger partial charge in [-0.1, -0.05) is 0 Å². The summed E-state index contributed by atoms with van der Waals surface area (Å²) in [7, 11) is 0. The highest BCUT2D eigenvalue weighted by atomic mass is 35.5. The Hall–Kier alpha value is -1.28. The van der Waals surface area contributed by atoms with Gasteiger partial charge >= 0.3 is 0 Å². The summed E-state index contributed by atoms with van der Waals surface area (Å²) in [4.78, 5) is 16.4. The molecule has 3 heterocycles. The number of aromatic nitrogens is 3. The number of hydrogen-bond donors (Lipinski definition) is 0. The second-order valence-corrected chi connectivity index (χ2v) is 6.00. The van der Waals surface area contributed by atoms with Crippen LogP contribution >= 0.6 is 11.6 Å². The molecule has 1 aromatic rings. The Kier molecular flexibility index (Phi) is 4.31. The fourth-order valence-electron chi connectivity index (χ4n) is 2.66. The number of piperidine rings is 1. The number of ether oxygens (including phenoxy) is 1. The van der Waals surface area contributed by atoms with Crippen LogP contribution in [0.1, 0.15) is 19.8 Å². The van der Waals surface area contributed by atoms with E-state index in [2.05, 4.69) is 15.0 Å². The highest BCUT2D eigenvalue weighted by molar-refractivity contribution is 6.28. The second kappa shape index (κ2) is 6.08. The smallest absolute Gasteiger partial charge is 0.251 e. The molecule has 9 heteroatoms. The average molecular weight is 334 g/mol. The summed E-state index contributed by atoms with van der Waals surface area (Å²) in [6, 6.07) is 0.130. The number of alkyl halides is 2. The standard InChI is InChI=1S/C13H18ClF2N5O/c1-9-8-22-7-6-21(9)12-18-10(14)17-11(19-12)20-4-2-13(15,16)3-5-20/h9H,2-8H2,1H3/t9-/m1/s1. The van der Waals surface area contributed by atoms with E-state index in [1.165, 1.54) is 0 Å². The number of rotatable bonds is 2. The SMILES string of the molecule is C[C@@H]1COCCN1c1nc(Cl)nc(N2CCC(F)(F)CC2)n1. The van der Waals surface area contributed by atoms with Crippen molar-refractivity contribution in [1.29, 1.82) is 0 Å². The normalized spacial score (nSPS) is 25.4. The first-order valence-corrected chi connectivity index (χ1v) is 7.71. The highest BCUT2D eigenvalue weighted by Gasteiger charge is 2.35. The first kappa shape index (κ1) is 15.6. The van der Waals surface area contributed by atoms with Gasteiger partial charge in [0.2, 0.25) is 17.2 Å². The van der Waals surface area contributed by atoms with Crippen molar-refractivity contribution < 1.29 is 13.5 Å². The predicted molar refractivity (Wildman–Crippen MR) is 78.9 cm³/mol. The van der Waals surface area contributed by atoms with E-state index in [1.54, 1.807) is 4.90 Å². The molecule has 0 N–H and O–H groups in total. The summed E-state index contributed by atoms with van der Waals surface area (Å²) in [5.74, 6) is -1.76. The Balaban J connectivity index is 1.81. The molecule has 1 aromatic heterocycles. The van der Waals surface area contributed by atoms with Crippen molar-refractivity contribution >= 4 is 23.5 Å². The third-order valence-corrected chi connectivity index (χ3v) is 4.16. The van der Waals surface area contributed by atoms with Gasteiger partial charge in [0.1, 0.15) is 0 Å². The van der Waals surface area contributed by atoms with E-state index >= 15 is 0 Å². The molecule has 0 aliphatic carbocycles. The van der Waals surface area contributed by atoms with Gasteiger partial charge in [-0.05, 0) is 18.5 Å². The van der Waals surface area contributed by atoms with E-state index < -0.39 is 5.92 Å². The van der Waals surface area contributed by atoms with E-state index in [0.717, 1.165) is 0 Å². The minimum Gasteiger partial charge on any atom is -0.377 e. The maximum absolute atomic E-state index is 13.3. The lowest BCUT2D eigenvalue weighted by molar-refractivity contribution is -0.0222. The molecule has 0 unspecified atom stereocenters. The number of nitrogens with zero attached hydrogens (tertiary/aromatic N) is 5. The second-order valence-electron chi connectivity index (χ2n) is 5.66. The Morgan fingerprint density at radius 1 is 1.14 bits per heavy atom. The maximum atomic E-state index is 13.3. The lowest BCUT2D eigenvalue weighted by atomic mass is 10.1. The molecule has 1 atom stereocenters. The molecule has 2 aliphatic rings. The minimum absolute atomic E-state index is 0.0797. The maximum Gasteiger partial charge on any atom is 0.251 e. The zero-order chi connectivity index (χ0) is 15.7. The Labute approximate surface area is 132 Å². The van der Waals surface area contributed by atoms with Crippen LogP contribution in [0, 0.1) is 0 Å². The molecule has 0 bridgehead atoms. The van der Waals surface area contributed by atoms with Crippen LogP contribution in [0.15, 0.2) is 0 Å². The van der Waals surface area contributed by atoms with Gasteiger partial charge in [-0.2, -0.15) is 15.0 Å². The van der Waals surface area contributed by atoms with E-state index in [9.17, 15) is 8.78 Å². The summed E-state index contributed by atoms with van der Waals surface area (Å²) in [5, 5.41) is 0.0797. The molecule has 6 nitrogen and oxygen atoms in total. The first-order valence-electron chi connectivity index (χ1n) is 7.33. The number of hydrogen-bond acceptors (Lipinski definition) is 6. The summed E-state index contributed by atoms with van der Waals surface area (Å²) >= 11 is 6.00. The van der Waals surface area contributed by atoms with Crippen LogP contribution in [-0.2, 0) is 4.74 Å². The lowest BCUT2D eigenvalue weighted by Crippen LogP contribution is -2.45. The van der Waals surface area contributed by atoms with Crippen LogP contribution in [0.2, 0.25) is 5.28 Å². The fourth-order valence-corrected chi connectivity index (χ4v) is 2.81. The Morgan fingerprint density at radius 2 is 1.82 bits per heavy atom. The largest absolute Gasteiger partial charge is 0.377 e. The van der Waals surface area contributed by atoms with Gasteiger partial charge in [0.25, 0.3) is 5.92 Å².